The molecule has 0 fully saturated rings. The molecule has 0 saturated carbocycles. The topological polar surface area (TPSA) is 20.2 Å². The largest absolute Gasteiger partial charge is 0.507 e. The molecule has 0 aromatic heterocycles. The van der Waals surface area contributed by atoms with E-state index in [2.05, 4.69) is 58.2 Å². The van der Waals surface area contributed by atoms with Crippen molar-refractivity contribution in [1.82, 2.24) is 0 Å². The van der Waals surface area contributed by atoms with Crippen LogP contribution >= 0.6 is 20.7 Å². The van der Waals surface area contributed by atoms with Gasteiger partial charge < -0.3 is 5.11 Å². The van der Waals surface area contributed by atoms with Gasteiger partial charge in [0.1, 0.15) is 5.75 Å². The van der Waals surface area contributed by atoms with Gasteiger partial charge in [0.15, 0.2) is 0 Å². The predicted octanol–water partition coefficient (Wildman–Crippen LogP) is 4.56. The van der Waals surface area contributed by atoms with Crippen molar-refractivity contribution in [2.24, 2.45) is 0 Å². The molecule has 1 rings (SSSR count). The van der Waals surface area contributed by atoms with Gasteiger partial charge in [-0.15, -0.1) is 0 Å². The van der Waals surface area contributed by atoms with Crippen LogP contribution in [-0.2, 0) is 10.8 Å². The van der Waals surface area contributed by atoms with Crippen molar-refractivity contribution in [3.8, 4) is 5.75 Å². The number of hydrogen-bond donors (Lipinski definition) is 1. The van der Waals surface area contributed by atoms with E-state index in [1.165, 1.54) is 3.57 Å². The molecule has 0 aliphatic rings. The van der Waals surface area contributed by atoms with Crippen LogP contribution in [0.15, 0.2) is 12.1 Å². The molecule has 1 nitrogen and oxygen atoms in total. The summed E-state index contributed by atoms with van der Waals surface area (Å²) in [7, 11) is 0. The molecule has 0 unspecified atom stereocenters. The van der Waals surface area contributed by atoms with Crippen LogP contribution in [0.5, 0.6) is 5.75 Å². The lowest BCUT2D eigenvalue weighted by atomic mass is 9.80. The quantitative estimate of drug-likeness (QED) is 0.739. The number of benzene rings is 1. The van der Waals surface area contributed by atoms with Gasteiger partial charge in [-0.2, -0.15) is 0 Å². The highest BCUT2D eigenvalue weighted by Crippen LogP contribution is 2.40. The zero-order valence-corrected chi connectivity index (χ0v) is 13.8. The van der Waals surface area contributed by atoms with E-state index in [0.717, 1.165) is 11.1 Å². The Hall–Kier alpha value is -0.380. The standard InChI is InChI=1S/C15H23IO/c1-14(2,3)11-8-10(16-7)9-12(13(11)17)15(4,5)6/h8-9,17H,7H2,1-6H3. The summed E-state index contributed by atoms with van der Waals surface area (Å²) < 4.78 is 5.36. The van der Waals surface area contributed by atoms with Gasteiger partial charge in [-0.05, 0) is 23.0 Å². The summed E-state index contributed by atoms with van der Waals surface area (Å²) >= 11 is -0.195. The first kappa shape index (κ1) is 14.7. The molecule has 0 atom stereocenters. The minimum absolute atomic E-state index is 0.0288. The monoisotopic (exact) mass is 346 g/mol. The fraction of sp³-hybridized carbons (Fsp3) is 0.533. The molecule has 0 radical (unpaired) electrons. The second kappa shape index (κ2) is 4.71. The fourth-order valence-electron chi connectivity index (χ4n) is 1.82. The Morgan fingerprint density at radius 3 is 1.53 bits per heavy atom. The van der Waals surface area contributed by atoms with Crippen LogP contribution in [0.2, 0.25) is 0 Å². The van der Waals surface area contributed by atoms with Crippen molar-refractivity contribution in [3.63, 3.8) is 0 Å². The van der Waals surface area contributed by atoms with Crippen molar-refractivity contribution >= 4 is 25.2 Å². The van der Waals surface area contributed by atoms with Crippen molar-refractivity contribution in [1.29, 1.82) is 0 Å². The molecule has 0 heterocycles. The number of hydrogen-bond acceptors (Lipinski definition) is 1. The predicted molar refractivity (Wildman–Crippen MR) is 85.3 cm³/mol. The first-order chi connectivity index (χ1) is 7.57. The molecular weight excluding hydrogens is 323 g/mol. The Bertz CT molecular complexity index is 398. The van der Waals surface area contributed by atoms with Crippen LogP contribution < -0.4 is 0 Å². The number of rotatable bonds is 1. The highest BCUT2D eigenvalue weighted by atomic mass is 127. The van der Waals surface area contributed by atoms with Gasteiger partial charge in [0.25, 0.3) is 0 Å². The highest BCUT2D eigenvalue weighted by Gasteiger charge is 2.26. The molecule has 1 aromatic carbocycles. The zero-order chi connectivity index (χ0) is 13.4. The summed E-state index contributed by atoms with van der Waals surface area (Å²) in [6, 6.07) is 4.26. The van der Waals surface area contributed by atoms with E-state index in [4.69, 9.17) is 0 Å². The Labute approximate surface area is 115 Å². The normalized spacial score (nSPS) is 12.8. The maximum Gasteiger partial charge on any atom is 0.123 e. The summed E-state index contributed by atoms with van der Waals surface area (Å²) in [6.07, 6.45) is 0. The lowest BCUT2D eigenvalue weighted by Gasteiger charge is -2.27. The van der Waals surface area contributed by atoms with Gasteiger partial charge in [-0.3, -0.25) is 0 Å². The first-order valence-electron chi connectivity index (χ1n) is 5.83. The molecular formula is C15H23IO. The van der Waals surface area contributed by atoms with Gasteiger partial charge in [0.2, 0.25) is 0 Å². The molecule has 0 saturated heterocycles. The third-order valence-corrected chi connectivity index (χ3v) is 4.35. The number of phenolic OH excluding ortho intramolecular Hbond substituents is 1. The lowest BCUT2D eigenvalue weighted by Crippen LogP contribution is -2.17. The minimum Gasteiger partial charge on any atom is -0.507 e. The van der Waals surface area contributed by atoms with E-state index >= 15 is 0 Å². The Morgan fingerprint density at radius 1 is 0.941 bits per heavy atom. The molecule has 1 aromatic rings. The summed E-state index contributed by atoms with van der Waals surface area (Å²) in [6.45, 7) is 12.8. The van der Waals surface area contributed by atoms with Crippen LogP contribution in [0.1, 0.15) is 52.7 Å². The summed E-state index contributed by atoms with van der Waals surface area (Å²) in [5.74, 6) is 0.464. The Kier molecular flexibility index (Phi) is 4.07. The molecule has 96 valence electrons. The summed E-state index contributed by atoms with van der Waals surface area (Å²) in [5.41, 5.74) is 2.03. The molecule has 0 aliphatic carbocycles. The van der Waals surface area contributed by atoms with Crippen LogP contribution in [0.3, 0.4) is 0 Å². The van der Waals surface area contributed by atoms with Crippen molar-refractivity contribution < 1.29 is 5.11 Å². The second-order valence-electron chi connectivity index (χ2n) is 6.48. The molecule has 0 spiro atoms. The van der Waals surface area contributed by atoms with Gasteiger partial charge >= 0.3 is 0 Å². The van der Waals surface area contributed by atoms with Crippen LogP contribution in [0, 0.1) is 3.57 Å². The summed E-state index contributed by atoms with van der Waals surface area (Å²) in [5, 5.41) is 10.5. The van der Waals surface area contributed by atoms with Gasteiger partial charge in [-0.25, -0.2) is 0 Å². The third kappa shape index (κ3) is 3.30. The average molecular weight is 346 g/mol. The van der Waals surface area contributed by atoms with Gasteiger partial charge in [0, 0.05) is 14.7 Å². The Morgan fingerprint density at radius 2 is 1.29 bits per heavy atom. The minimum atomic E-state index is -0.195. The SMILES string of the molecule is C=Ic1cc(C(C)(C)C)c(O)c(C(C)(C)C)c1. The van der Waals surface area contributed by atoms with Crippen molar-refractivity contribution in [2.75, 3.05) is 0 Å². The van der Waals surface area contributed by atoms with E-state index in [1.807, 2.05) is 0 Å². The summed E-state index contributed by atoms with van der Waals surface area (Å²) in [4.78, 5) is 0. The van der Waals surface area contributed by atoms with E-state index in [1.54, 1.807) is 0 Å². The molecule has 2 heteroatoms. The van der Waals surface area contributed by atoms with Crippen LogP contribution in [0.4, 0.5) is 0 Å². The van der Waals surface area contributed by atoms with E-state index in [0.29, 0.717) is 5.75 Å². The molecule has 0 bridgehead atoms. The maximum absolute atomic E-state index is 10.5. The molecule has 0 amide bonds. The maximum atomic E-state index is 10.5. The smallest absolute Gasteiger partial charge is 0.123 e. The number of phenols is 1. The Balaban J connectivity index is 3.59. The average Bonchev–Trinajstić information content (AvgIpc) is 2.14. The van der Waals surface area contributed by atoms with E-state index in [-0.39, 0.29) is 31.6 Å². The van der Waals surface area contributed by atoms with E-state index < -0.39 is 0 Å². The third-order valence-electron chi connectivity index (χ3n) is 2.85. The van der Waals surface area contributed by atoms with Crippen LogP contribution in [0.25, 0.3) is 0 Å². The lowest BCUT2D eigenvalue weighted by molar-refractivity contribution is 0.423. The molecule has 17 heavy (non-hydrogen) atoms. The second-order valence-corrected chi connectivity index (χ2v) is 8.49. The highest BCUT2D eigenvalue weighted by molar-refractivity contribution is 14.2. The number of aromatic hydroxyl groups is 1. The van der Waals surface area contributed by atoms with Crippen molar-refractivity contribution in [2.45, 2.75) is 52.4 Å². The van der Waals surface area contributed by atoms with Crippen LogP contribution in [-0.4, -0.2) is 9.62 Å². The first-order valence-corrected chi connectivity index (χ1v) is 8.44. The van der Waals surface area contributed by atoms with E-state index in [9.17, 15) is 5.11 Å². The van der Waals surface area contributed by atoms with Gasteiger partial charge in [-0.1, -0.05) is 66.8 Å². The van der Waals surface area contributed by atoms with Gasteiger partial charge in [0.05, 0.1) is 0 Å². The zero-order valence-electron chi connectivity index (χ0n) is 11.7. The molecule has 1 N–H and O–H groups in total. The molecule has 0 aliphatic heterocycles. The van der Waals surface area contributed by atoms with Crippen molar-refractivity contribution in [3.05, 3.63) is 26.8 Å². The number of halogens is 1. The fourth-order valence-corrected chi connectivity index (χ4v) is 2.88.